The highest BCUT2D eigenvalue weighted by Crippen LogP contribution is 2.32. The third-order valence-electron chi connectivity index (χ3n) is 4.79. The molecule has 0 spiro atoms. The van der Waals surface area contributed by atoms with Crippen LogP contribution in [-0.4, -0.2) is 16.7 Å². The van der Waals surface area contributed by atoms with Crippen LogP contribution in [0.3, 0.4) is 0 Å². The van der Waals surface area contributed by atoms with Crippen LogP contribution in [0.15, 0.2) is 89.3 Å². The van der Waals surface area contributed by atoms with Gasteiger partial charge in [-0.05, 0) is 31.2 Å². The minimum Gasteiger partial charge on any atom is -0.440 e. The summed E-state index contributed by atoms with van der Waals surface area (Å²) >= 11 is 0. The first-order chi connectivity index (χ1) is 15.1. The van der Waals surface area contributed by atoms with Gasteiger partial charge in [-0.25, -0.2) is 4.98 Å². The predicted octanol–water partition coefficient (Wildman–Crippen LogP) is 5.75. The number of carbonyl (C=O) groups excluding carboxylic acids is 2. The number of rotatable bonds is 7. The lowest BCUT2D eigenvalue weighted by molar-refractivity contribution is -0.134. The molecule has 4 rings (SSSR count). The van der Waals surface area contributed by atoms with Crippen LogP contribution < -0.4 is 4.74 Å². The van der Waals surface area contributed by atoms with Gasteiger partial charge in [-0.3, -0.25) is 9.59 Å². The van der Waals surface area contributed by atoms with Gasteiger partial charge in [0.2, 0.25) is 0 Å². The molecule has 1 aromatic heterocycles. The van der Waals surface area contributed by atoms with Crippen molar-refractivity contribution in [3.05, 3.63) is 96.4 Å². The summed E-state index contributed by atoms with van der Waals surface area (Å²) in [4.78, 5) is 28.3. The lowest BCUT2D eigenvalue weighted by Crippen LogP contribution is -2.09. The fourth-order valence-corrected chi connectivity index (χ4v) is 3.20. The molecular weight excluding hydrogens is 390 g/mol. The van der Waals surface area contributed by atoms with E-state index < -0.39 is 5.97 Å². The highest BCUT2D eigenvalue weighted by Gasteiger charge is 2.18. The molecule has 31 heavy (non-hydrogen) atoms. The number of oxazole rings is 1. The standard InChI is InChI=1S/C26H21NO4/c1-18(28)19-12-14-22(15-13-19)30-24(29)17-16-23-27-25(20-8-4-2-5-9-20)26(31-23)21-10-6-3-7-11-21/h2-15H,16-17H2,1H3. The molecule has 0 aliphatic heterocycles. The molecule has 0 aliphatic carbocycles. The molecule has 5 heteroatoms. The van der Waals surface area contributed by atoms with Crippen LogP contribution in [0, 0.1) is 0 Å². The maximum atomic E-state index is 12.3. The van der Waals surface area contributed by atoms with Gasteiger partial charge < -0.3 is 9.15 Å². The minimum absolute atomic E-state index is 0.0368. The molecule has 0 saturated heterocycles. The number of ketones is 1. The number of benzene rings is 3. The Morgan fingerprint density at radius 3 is 2.06 bits per heavy atom. The second kappa shape index (κ2) is 9.22. The number of aromatic nitrogens is 1. The number of nitrogens with zero attached hydrogens (tertiary/aromatic N) is 1. The van der Waals surface area contributed by atoms with E-state index >= 15 is 0 Å². The van der Waals surface area contributed by atoms with Gasteiger partial charge in [-0.2, -0.15) is 0 Å². The van der Waals surface area contributed by atoms with E-state index in [4.69, 9.17) is 9.15 Å². The molecule has 0 saturated carbocycles. The van der Waals surface area contributed by atoms with Gasteiger partial charge in [0, 0.05) is 23.1 Å². The van der Waals surface area contributed by atoms with Crippen LogP contribution >= 0.6 is 0 Å². The molecule has 0 atom stereocenters. The maximum absolute atomic E-state index is 12.3. The highest BCUT2D eigenvalue weighted by molar-refractivity contribution is 5.94. The van der Waals surface area contributed by atoms with Crippen LogP contribution in [0.25, 0.3) is 22.6 Å². The van der Waals surface area contributed by atoms with Crippen LogP contribution in [0.4, 0.5) is 0 Å². The van der Waals surface area contributed by atoms with Gasteiger partial charge >= 0.3 is 5.97 Å². The smallest absolute Gasteiger partial charge is 0.311 e. The second-order valence-electron chi connectivity index (χ2n) is 7.07. The first-order valence-electron chi connectivity index (χ1n) is 10.0. The summed E-state index contributed by atoms with van der Waals surface area (Å²) < 4.78 is 11.4. The Morgan fingerprint density at radius 2 is 1.45 bits per heavy atom. The number of esters is 1. The van der Waals surface area contributed by atoms with Crippen molar-refractivity contribution in [3.63, 3.8) is 0 Å². The van der Waals surface area contributed by atoms with Crippen LogP contribution in [0.1, 0.15) is 29.6 Å². The monoisotopic (exact) mass is 411 g/mol. The molecule has 1 heterocycles. The van der Waals surface area contributed by atoms with E-state index in [1.165, 1.54) is 6.92 Å². The number of Topliss-reactive ketones (excluding diaryl/α,β-unsaturated/α-hetero) is 1. The Morgan fingerprint density at radius 1 is 0.839 bits per heavy atom. The Balaban J connectivity index is 1.49. The fraction of sp³-hybridized carbons (Fsp3) is 0.115. The molecule has 0 unspecified atom stereocenters. The van der Waals surface area contributed by atoms with E-state index in [0.717, 1.165) is 16.8 Å². The normalized spacial score (nSPS) is 10.6. The average molecular weight is 411 g/mol. The fourth-order valence-electron chi connectivity index (χ4n) is 3.20. The van der Waals surface area contributed by atoms with Crippen molar-refractivity contribution in [2.75, 3.05) is 0 Å². The molecule has 0 bridgehead atoms. The molecular formula is C26H21NO4. The first kappa shape index (κ1) is 20.3. The SMILES string of the molecule is CC(=O)c1ccc(OC(=O)CCc2nc(-c3ccccc3)c(-c3ccccc3)o2)cc1. The summed E-state index contributed by atoms with van der Waals surface area (Å²) in [7, 11) is 0. The molecule has 0 amide bonds. The summed E-state index contributed by atoms with van der Waals surface area (Å²) in [5, 5.41) is 0. The Bertz CT molecular complexity index is 1120. The average Bonchev–Trinajstić information content (AvgIpc) is 3.24. The lowest BCUT2D eigenvalue weighted by atomic mass is 10.1. The third kappa shape index (κ3) is 4.95. The number of hydrogen-bond acceptors (Lipinski definition) is 5. The first-order valence-corrected chi connectivity index (χ1v) is 10.0. The molecule has 4 aromatic rings. The quantitative estimate of drug-likeness (QED) is 0.220. The third-order valence-corrected chi connectivity index (χ3v) is 4.79. The van der Waals surface area contributed by atoms with Gasteiger partial charge in [0.05, 0.1) is 6.42 Å². The molecule has 0 N–H and O–H groups in total. The maximum Gasteiger partial charge on any atom is 0.311 e. The molecule has 3 aromatic carbocycles. The largest absolute Gasteiger partial charge is 0.440 e. The van der Waals surface area contributed by atoms with Gasteiger partial charge in [0.15, 0.2) is 17.4 Å². The number of carbonyl (C=O) groups is 2. The Hall–Kier alpha value is -3.99. The van der Waals surface area contributed by atoms with Gasteiger partial charge in [0.25, 0.3) is 0 Å². The van der Waals surface area contributed by atoms with Crippen molar-refractivity contribution in [2.45, 2.75) is 19.8 Å². The summed E-state index contributed by atoms with van der Waals surface area (Å²) in [5.41, 5.74) is 3.19. The zero-order valence-corrected chi connectivity index (χ0v) is 17.1. The van der Waals surface area contributed by atoms with E-state index in [-0.39, 0.29) is 12.2 Å². The van der Waals surface area contributed by atoms with Crippen molar-refractivity contribution in [3.8, 4) is 28.3 Å². The number of hydrogen-bond donors (Lipinski definition) is 0. The van der Waals surface area contributed by atoms with E-state index in [2.05, 4.69) is 4.98 Å². The van der Waals surface area contributed by atoms with Crippen molar-refractivity contribution in [1.82, 2.24) is 4.98 Å². The number of aryl methyl sites for hydroxylation is 1. The second-order valence-corrected chi connectivity index (χ2v) is 7.07. The minimum atomic E-state index is -0.392. The van der Waals surface area contributed by atoms with Gasteiger partial charge in [-0.15, -0.1) is 0 Å². The van der Waals surface area contributed by atoms with Gasteiger partial charge in [0.1, 0.15) is 11.4 Å². The van der Waals surface area contributed by atoms with Crippen LogP contribution in [-0.2, 0) is 11.2 Å². The highest BCUT2D eigenvalue weighted by atomic mass is 16.5. The van der Waals surface area contributed by atoms with Crippen LogP contribution in [0.5, 0.6) is 5.75 Å². The topological polar surface area (TPSA) is 69.4 Å². The van der Waals surface area contributed by atoms with E-state index in [1.54, 1.807) is 24.3 Å². The van der Waals surface area contributed by atoms with Crippen LogP contribution in [0.2, 0.25) is 0 Å². The van der Waals surface area contributed by atoms with Crippen molar-refractivity contribution in [2.24, 2.45) is 0 Å². The zero-order chi connectivity index (χ0) is 21.6. The predicted molar refractivity (Wildman–Crippen MR) is 118 cm³/mol. The zero-order valence-electron chi connectivity index (χ0n) is 17.1. The molecule has 0 aliphatic rings. The summed E-state index contributed by atoms with van der Waals surface area (Å²) in [5.74, 6) is 1.12. The van der Waals surface area contributed by atoms with Crippen molar-refractivity contribution >= 4 is 11.8 Å². The molecule has 154 valence electrons. The Kier molecular flexibility index (Phi) is 6.03. The van der Waals surface area contributed by atoms with Gasteiger partial charge in [-0.1, -0.05) is 60.7 Å². The Labute approximate surface area is 180 Å². The summed E-state index contributed by atoms with van der Waals surface area (Å²) in [6.07, 6.45) is 0.439. The summed E-state index contributed by atoms with van der Waals surface area (Å²) in [6.45, 7) is 1.49. The van der Waals surface area contributed by atoms with E-state index in [1.807, 2.05) is 60.7 Å². The molecule has 5 nitrogen and oxygen atoms in total. The summed E-state index contributed by atoms with van der Waals surface area (Å²) in [6, 6.07) is 26.1. The molecule has 0 radical (unpaired) electrons. The number of ether oxygens (including phenoxy) is 1. The van der Waals surface area contributed by atoms with E-state index in [9.17, 15) is 9.59 Å². The van der Waals surface area contributed by atoms with Crippen molar-refractivity contribution in [1.29, 1.82) is 0 Å². The van der Waals surface area contributed by atoms with E-state index in [0.29, 0.717) is 29.4 Å². The lowest BCUT2D eigenvalue weighted by Gasteiger charge is -2.04. The van der Waals surface area contributed by atoms with Crippen molar-refractivity contribution < 1.29 is 18.7 Å². The molecule has 0 fully saturated rings.